The van der Waals surface area contributed by atoms with Gasteiger partial charge in [-0.25, -0.2) is 4.79 Å². The lowest BCUT2D eigenvalue weighted by Gasteiger charge is -2.09. The molecule has 1 N–H and O–H groups in total. The zero-order chi connectivity index (χ0) is 16.9. The first-order valence-corrected chi connectivity index (χ1v) is 7.53. The Morgan fingerprint density at radius 2 is 1.92 bits per heavy atom. The summed E-state index contributed by atoms with van der Waals surface area (Å²) in [7, 11) is 1.31. The number of ether oxygens (including phenoxy) is 3. The molecule has 0 fully saturated rings. The van der Waals surface area contributed by atoms with Crippen LogP contribution in [0.5, 0.6) is 11.5 Å². The highest BCUT2D eigenvalue weighted by molar-refractivity contribution is 6.01. The molecule has 0 aliphatic carbocycles. The third-order valence-electron chi connectivity index (χ3n) is 3.68. The molecule has 6 nitrogen and oxygen atoms in total. The molecule has 24 heavy (non-hydrogen) atoms. The highest BCUT2D eigenvalue weighted by Crippen LogP contribution is 2.32. The van der Waals surface area contributed by atoms with Crippen molar-refractivity contribution in [1.82, 2.24) is 0 Å². The van der Waals surface area contributed by atoms with E-state index in [0.29, 0.717) is 23.4 Å². The second kappa shape index (κ2) is 7.04. The van der Waals surface area contributed by atoms with Gasteiger partial charge in [-0.1, -0.05) is 18.2 Å². The highest BCUT2D eigenvalue weighted by Gasteiger charge is 2.15. The standard InChI is InChI=1S/C18H17NO5/c1-22-18(21)13-4-2-3-5-14(13)19-17(20)9-7-12-6-8-15-16(10-12)24-11-23-15/h2-6,8,10H,7,9,11H2,1H3,(H,19,20). The minimum Gasteiger partial charge on any atom is -0.465 e. The lowest BCUT2D eigenvalue weighted by atomic mass is 10.1. The first kappa shape index (κ1) is 15.9. The molecule has 0 unspecified atom stereocenters. The average Bonchev–Trinajstić information content (AvgIpc) is 3.07. The molecule has 0 bridgehead atoms. The molecule has 0 saturated carbocycles. The van der Waals surface area contributed by atoms with Crippen molar-refractivity contribution in [3.05, 3.63) is 53.6 Å². The van der Waals surface area contributed by atoms with Crippen molar-refractivity contribution in [2.24, 2.45) is 0 Å². The Morgan fingerprint density at radius 3 is 2.75 bits per heavy atom. The highest BCUT2D eigenvalue weighted by atomic mass is 16.7. The van der Waals surface area contributed by atoms with E-state index in [9.17, 15) is 9.59 Å². The third kappa shape index (κ3) is 3.48. The molecule has 1 aliphatic rings. The summed E-state index contributed by atoms with van der Waals surface area (Å²) in [4.78, 5) is 23.9. The van der Waals surface area contributed by atoms with Crippen LogP contribution < -0.4 is 14.8 Å². The number of esters is 1. The molecule has 0 atom stereocenters. The van der Waals surface area contributed by atoms with E-state index in [-0.39, 0.29) is 19.1 Å². The van der Waals surface area contributed by atoms with Crippen LogP contribution in [-0.4, -0.2) is 25.8 Å². The van der Waals surface area contributed by atoms with E-state index < -0.39 is 5.97 Å². The number of methoxy groups -OCH3 is 1. The van der Waals surface area contributed by atoms with Gasteiger partial charge in [0.15, 0.2) is 11.5 Å². The molecular weight excluding hydrogens is 310 g/mol. The maximum Gasteiger partial charge on any atom is 0.339 e. The molecule has 2 aromatic rings. The summed E-state index contributed by atoms with van der Waals surface area (Å²) in [6.45, 7) is 0.226. The first-order valence-electron chi connectivity index (χ1n) is 7.53. The molecule has 1 aliphatic heterocycles. The van der Waals surface area contributed by atoms with E-state index in [2.05, 4.69) is 5.32 Å². The summed E-state index contributed by atoms with van der Waals surface area (Å²) in [5.74, 6) is 0.754. The minimum atomic E-state index is -0.485. The number of rotatable bonds is 5. The van der Waals surface area contributed by atoms with Crippen LogP contribution >= 0.6 is 0 Å². The quantitative estimate of drug-likeness (QED) is 0.855. The topological polar surface area (TPSA) is 73.9 Å². The van der Waals surface area contributed by atoms with Gasteiger partial charge in [-0.15, -0.1) is 0 Å². The summed E-state index contributed by atoms with van der Waals surface area (Å²) in [6.07, 6.45) is 0.845. The molecule has 1 heterocycles. The van der Waals surface area contributed by atoms with Crippen LogP contribution in [0.3, 0.4) is 0 Å². The summed E-state index contributed by atoms with van der Waals surface area (Å²) >= 11 is 0. The number of benzene rings is 2. The maximum atomic E-state index is 12.2. The maximum absolute atomic E-state index is 12.2. The van der Waals surface area contributed by atoms with Crippen molar-refractivity contribution < 1.29 is 23.8 Å². The minimum absolute atomic E-state index is 0.177. The van der Waals surface area contributed by atoms with Crippen LogP contribution in [0.1, 0.15) is 22.3 Å². The summed E-state index contributed by atoms with van der Waals surface area (Å²) in [5, 5.41) is 2.75. The second-order valence-electron chi connectivity index (χ2n) is 5.27. The number of carbonyl (C=O) groups is 2. The fraction of sp³-hybridized carbons (Fsp3) is 0.222. The Balaban J connectivity index is 1.61. The van der Waals surface area contributed by atoms with E-state index in [1.165, 1.54) is 7.11 Å². The number of carbonyl (C=O) groups excluding carboxylic acids is 2. The largest absolute Gasteiger partial charge is 0.465 e. The summed E-state index contributed by atoms with van der Waals surface area (Å²) < 4.78 is 15.3. The Labute approximate surface area is 139 Å². The molecule has 0 saturated heterocycles. The van der Waals surface area contributed by atoms with Crippen LogP contribution in [0.4, 0.5) is 5.69 Å². The van der Waals surface area contributed by atoms with Gasteiger partial charge >= 0.3 is 5.97 Å². The SMILES string of the molecule is COC(=O)c1ccccc1NC(=O)CCc1ccc2c(c1)OCO2. The average molecular weight is 327 g/mol. The van der Waals surface area contributed by atoms with Gasteiger partial charge in [0.2, 0.25) is 12.7 Å². The number of amides is 1. The van der Waals surface area contributed by atoms with Gasteiger partial charge in [0.1, 0.15) is 0 Å². The predicted molar refractivity (Wildman–Crippen MR) is 87.3 cm³/mol. The Hall–Kier alpha value is -3.02. The van der Waals surface area contributed by atoms with Crippen molar-refractivity contribution >= 4 is 17.6 Å². The Kier molecular flexibility index (Phi) is 4.65. The van der Waals surface area contributed by atoms with Crippen molar-refractivity contribution in [2.75, 3.05) is 19.2 Å². The normalized spacial score (nSPS) is 11.9. The van der Waals surface area contributed by atoms with Crippen LogP contribution in [0, 0.1) is 0 Å². The number of fused-ring (bicyclic) bond motifs is 1. The van der Waals surface area contributed by atoms with Crippen LogP contribution in [0.2, 0.25) is 0 Å². The molecule has 124 valence electrons. The number of hydrogen-bond acceptors (Lipinski definition) is 5. The number of hydrogen-bond donors (Lipinski definition) is 1. The lowest BCUT2D eigenvalue weighted by molar-refractivity contribution is -0.116. The Bertz CT molecular complexity index is 772. The van der Waals surface area contributed by atoms with E-state index in [4.69, 9.17) is 14.2 Å². The zero-order valence-electron chi connectivity index (χ0n) is 13.2. The van der Waals surface area contributed by atoms with Gasteiger partial charge in [-0.05, 0) is 36.2 Å². The molecular formula is C18H17NO5. The van der Waals surface area contributed by atoms with Gasteiger partial charge in [-0.2, -0.15) is 0 Å². The fourth-order valence-corrected chi connectivity index (χ4v) is 2.45. The van der Waals surface area contributed by atoms with Crippen LogP contribution in [0.15, 0.2) is 42.5 Å². The smallest absolute Gasteiger partial charge is 0.339 e. The predicted octanol–water partition coefficient (Wildman–Crippen LogP) is 2.77. The molecule has 6 heteroatoms. The fourth-order valence-electron chi connectivity index (χ4n) is 2.45. The zero-order valence-corrected chi connectivity index (χ0v) is 13.2. The monoisotopic (exact) mass is 327 g/mol. The molecule has 3 rings (SSSR count). The third-order valence-corrected chi connectivity index (χ3v) is 3.68. The van der Waals surface area contributed by atoms with Crippen molar-refractivity contribution in [2.45, 2.75) is 12.8 Å². The number of para-hydroxylation sites is 1. The number of anilines is 1. The molecule has 0 aromatic heterocycles. The van der Waals surface area contributed by atoms with Crippen molar-refractivity contribution in [3.8, 4) is 11.5 Å². The summed E-state index contributed by atoms with van der Waals surface area (Å²) in [5.41, 5.74) is 1.76. The van der Waals surface area contributed by atoms with Crippen molar-refractivity contribution in [1.29, 1.82) is 0 Å². The molecule has 0 radical (unpaired) electrons. The van der Waals surface area contributed by atoms with E-state index in [1.807, 2.05) is 18.2 Å². The van der Waals surface area contributed by atoms with E-state index in [1.54, 1.807) is 24.3 Å². The Morgan fingerprint density at radius 1 is 1.12 bits per heavy atom. The molecule has 0 spiro atoms. The van der Waals surface area contributed by atoms with Gasteiger partial charge < -0.3 is 19.5 Å². The van der Waals surface area contributed by atoms with Gasteiger partial charge in [-0.3, -0.25) is 4.79 Å². The number of aryl methyl sites for hydroxylation is 1. The van der Waals surface area contributed by atoms with Gasteiger partial charge in [0.25, 0.3) is 0 Å². The second-order valence-corrected chi connectivity index (χ2v) is 5.27. The van der Waals surface area contributed by atoms with E-state index in [0.717, 1.165) is 11.3 Å². The molecule has 2 aromatic carbocycles. The van der Waals surface area contributed by atoms with Crippen LogP contribution in [0.25, 0.3) is 0 Å². The van der Waals surface area contributed by atoms with Crippen LogP contribution in [-0.2, 0) is 16.0 Å². The number of nitrogens with one attached hydrogen (secondary N) is 1. The first-order chi connectivity index (χ1) is 11.7. The van der Waals surface area contributed by atoms with Gasteiger partial charge in [0.05, 0.1) is 18.4 Å². The lowest BCUT2D eigenvalue weighted by Crippen LogP contribution is -2.15. The van der Waals surface area contributed by atoms with Gasteiger partial charge in [0, 0.05) is 6.42 Å². The van der Waals surface area contributed by atoms with Crippen molar-refractivity contribution in [3.63, 3.8) is 0 Å². The molecule has 1 amide bonds. The summed E-state index contributed by atoms with van der Waals surface area (Å²) in [6, 6.07) is 12.4. The van der Waals surface area contributed by atoms with E-state index >= 15 is 0 Å².